The van der Waals surface area contributed by atoms with Crippen molar-refractivity contribution < 1.29 is 4.79 Å². The fourth-order valence-electron chi connectivity index (χ4n) is 2.00. The fraction of sp³-hybridized carbons (Fsp3) is 0.923. The molecule has 0 radical (unpaired) electrons. The smallest absolute Gasteiger partial charge is 0.223 e. The van der Waals surface area contributed by atoms with Crippen molar-refractivity contribution >= 4 is 5.91 Å². The molecule has 0 aromatic rings. The lowest BCUT2D eigenvalue weighted by atomic mass is 9.84. The molecule has 0 bridgehead atoms. The van der Waals surface area contributed by atoms with Gasteiger partial charge in [-0.25, -0.2) is 0 Å². The average Bonchev–Trinajstić information content (AvgIpc) is 2.97. The number of nitrogens with two attached hydrogens (primary N) is 1. The van der Waals surface area contributed by atoms with Crippen LogP contribution < -0.4 is 11.1 Å². The first-order valence-corrected chi connectivity index (χ1v) is 6.36. The number of amides is 1. The van der Waals surface area contributed by atoms with Crippen LogP contribution in [0, 0.1) is 17.3 Å². The van der Waals surface area contributed by atoms with Crippen molar-refractivity contribution in [2.45, 2.75) is 53.0 Å². The van der Waals surface area contributed by atoms with Crippen LogP contribution in [0.4, 0.5) is 0 Å². The van der Waals surface area contributed by atoms with Crippen LogP contribution in [0.5, 0.6) is 0 Å². The van der Waals surface area contributed by atoms with Crippen molar-refractivity contribution in [1.82, 2.24) is 5.32 Å². The SMILES string of the molecule is CC(C(=O)NC(CCN)C(C)(C)C)C1CC1. The molecule has 2 atom stereocenters. The summed E-state index contributed by atoms with van der Waals surface area (Å²) in [4.78, 5) is 12.0. The molecule has 1 aliphatic carbocycles. The molecule has 0 aliphatic heterocycles. The summed E-state index contributed by atoms with van der Waals surface area (Å²) in [6.45, 7) is 9.11. The number of nitrogens with one attached hydrogen (secondary N) is 1. The van der Waals surface area contributed by atoms with Crippen molar-refractivity contribution in [1.29, 1.82) is 0 Å². The van der Waals surface area contributed by atoms with Crippen molar-refractivity contribution in [3.63, 3.8) is 0 Å². The van der Waals surface area contributed by atoms with E-state index in [2.05, 4.69) is 26.1 Å². The summed E-state index contributed by atoms with van der Waals surface area (Å²) >= 11 is 0. The van der Waals surface area contributed by atoms with E-state index in [4.69, 9.17) is 5.73 Å². The van der Waals surface area contributed by atoms with Crippen LogP contribution in [-0.2, 0) is 4.79 Å². The van der Waals surface area contributed by atoms with E-state index in [1.165, 1.54) is 12.8 Å². The van der Waals surface area contributed by atoms with E-state index in [-0.39, 0.29) is 23.3 Å². The van der Waals surface area contributed by atoms with Crippen LogP contribution >= 0.6 is 0 Å². The normalized spacial score (nSPS) is 20.3. The minimum Gasteiger partial charge on any atom is -0.353 e. The molecule has 3 heteroatoms. The zero-order valence-corrected chi connectivity index (χ0v) is 11.0. The third-order valence-electron chi connectivity index (χ3n) is 3.56. The Balaban J connectivity index is 2.50. The maximum absolute atomic E-state index is 12.0. The molecule has 0 heterocycles. The molecule has 0 saturated heterocycles. The Morgan fingerprint density at radius 3 is 2.38 bits per heavy atom. The van der Waals surface area contributed by atoms with Gasteiger partial charge in [0.2, 0.25) is 5.91 Å². The molecule has 1 fully saturated rings. The Hall–Kier alpha value is -0.570. The zero-order chi connectivity index (χ0) is 12.3. The molecule has 0 aromatic carbocycles. The van der Waals surface area contributed by atoms with Gasteiger partial charge >= 0.3 is 0 Å². The molecule has 0 aromatic heterocycles. The van der Waals surface area contributed by atoms with Crippen LogP contribution in [0.1, 0.15) is 47.0 Å². The van der Waals surface area contributed by atoms with Gasteiger partial charge in [0.1, 0.15) is 0 Å². The Morgan fingerprint density at radius 1 is 1.44 bits per heavy atom. The summed E-state index contributed by atoms with van der Waals surface area (Å²) in [5.41, 5.74) is 5.68. The lowest BCUT2D eigenvalue weighted by Gasteiger charge is -2.32. The van der Waals surface area contributed by atoms with E-state index in [1.807, 2.05) is 6.92 Å². The molecule has 1 saturated carbocycles. The maximum Gasteiger partial charge on any atom is 0.223 e. The van der Waals surface area contributed by atoms with Gasteiger partial charge in [0.05, 0.1) is 0 Å². The Morgan fingerprint density at radius 2 is 2.00 bits per heavy atom. The molecule has 1 rings (SSSR count). The second-order valence-electron chi connectivity index (χ2n) is 6.13. The highest BCUT2D eigenvalue weighted by molar-refractivity contribution is 5.79. The molecule has 94 valence electrons. The topological polar surface area (TPSA) is 55.1 Å². The summed E-state index contributed by atoms with van der Waals surface area (Å²) in [5, 5.41) is 3.16. The molecule has 0 spiro atoms. The van der Waals surface area contributed by atoms with Crippen LogP contribution in [-0.4, -0.2) is 18.5 Å². The van der Waals surface area contributed by atoms with E-state index in [1.54, 1.807) is 0 Å². The van der Waals surface area contributed by atoms with E-state index in [0.29, 0.717) is 12.5 Å². The summed E-state index contributed by atoms with van der Waals surface area (Å²) in [7, 11) is 0. The second-order valence-corrected chi connectivity index (χ2v) is 6.13. The summed E-state index contributed by atoms with van der Waals surface area (Å²) in [6, 6.07) is 0.186. The van der Waals surface area contributed by atoms with Gasteiger partial charge < -0.3 is 11.1 Å². The van der Waals surface area contributed by atoms with Crippen LogP contribution in [0.15, 0.2) is 0 Å². The maximum atomic E-state index is 12.0. The number of rotatable bonds is 5. The third kappa shape index (κ3) is 3.78. The van der Waals surface area contributed by atoms with Crippen molar-refractivity contribution in [2.75, 3.05) is 6.54 Å². The van der Waals surface area contributed by atoms with Crippen LogP contribution in [0.3, 0.4) is 0 Å². The van der Waals surface area contributed by atoms with Crippen molar-refractivity contribution in [3.8, 4) is 0 Å². The van der Waals surface area contributed by atoms with Gasteiger partial charge in [-0.15, -0.1) is 0 Å². The molecular weight excluding hydrogens is 200 g/mol. The summed E-state index contributed by atoms with van der Waals surface area (Å²) in [5.74, 6) is 0.997. The molecule has 2 unspecified atom stereocenters. The van der Waals surface area contributed by atoms with Gasteiger partial charge in [-0.2, -0.15) is 0 Å². The highest BCUT2D eigenvalue weighted by Gasteiger charge is 2.34. The van der Waals surface area contributed by atoms with Gasteiger partial charge in [0.15, 0.2) is 0 Å². The molecule has 3 N–H and O–H groups in total. The predicted octanol–water partition coefficient (Wildman–Crippen LogP) is 1.91. The standard InChI is InChI=1S/C13H26N2O/c1-9(10-5-6-10)12(16)15-11(7-8-14)13(2,3)4/h9-11H,5-8,14H2,1-4H3,(H,15,16). The Bertz CT molecular complexity index is 241. The van der Waals surface area contributed by atoms with E-state index in [0.717, 1.165) is 6.42 Å². The van der Waals surface area contributed by atoms with Crippen molar-refractivity contribution in [2.24, 2.45) is 23.0 Å². The van der Waals surface area contributed by atoms with E-state index < -0.39 is 0 Å². The lowest BCUT2D eigenvalue weighted by molar-refractivity contribution is -0.126. The highest BCUT2D eigenvalue weighted by atomic mass is 16.1. The number of carbonyl (C=O) groups excluding carboxylic acids is 1. The molecule has 16 heavy (non-hydrogen) atoms. The highest BCUT2D eigenvalue weighted by Crippen LogP contribution is 2.36. The first-order chi connectivity index (χ1) is 7.36. The quantitative estimate of drug-likeness (QED) is 0.752. The fourth-order valence-corrected chi connectivity index (χ4v) is 2.00. The van der Waals surface area contributed by atoms with Gasteiger partial charge in [0.25, 0.3) is 0 Å². The molecule has 1 amide bonds. The van der Waals surface area contributed by atoms with Gasteiger partial charge in [0, 0.05) is 12.0 Å². The molecule has 1 aliphatic rings. The largest absolute Gasteiger partial charge is 0.353 e. The van der Waals surface area contributed by atoms with E-state index >= 15 is 0 Å². The molecule has 3 nitrogen and oxygen atoms in total. The van der Waals surface area contributed by atoms with Crippen LogP contribution in [0.2, 0.25) is 0 Å². The third-order valence-corrected chi connectivity index (χ3v) is 3.56. The predicted molar refractivity (Wildman–Crippen MR) is 66.9 cm³/mol. The minimum atomic E-state index is 0.0816. The Kier molecular flexibility index (Phi) is 4.36. The van der Waals surface area contributed by atoms with Gasteiger partial charge in [-0.1, -0.05) is 27.7 Å². The summed E-state index contributed by atoms with van der Waals surface area (Å²) < 4.78 is 0. The second kappa shape index (κ2) is 5.17. The average molecular weight is 226 g/mol. The lowest BCUT2D eigenvalue weighted by Crippen LogP contribution is -2.46. The first-order valence-electron chi connectivity index (χ1n) is 6.36. The van der Waals surface area contributed by atoms with Gasteiger partial charge in [-0.3, -0.25) is 4.79 Å². The monoisotopic (exact) mass is 226 g/mol. The number of hydrogen-bond acceptors (Lipinski definition) is 2. The summed E-state index contributed by atoms with van der Waals surface area (Å²) in [6.07, 6.45) is 3.28. The zero-order valence-electron chi connectivity index (χ0n) is 11.0. The van der Waals surface area contributed by atoms with E-state index in [9.17, 15) is 4.79 Å². The number of hydrogen-bond donors (Lipinski definition) is 2. The van der Waals surface area contributed by atoms with Crippen LogP contribution in [0.25, 0.3) is 0 Å². The van der Waals surface area contributed by atoms with Gasteiger partial charge in [-0.05, 0) is 37.1 Å². The Labute approximate surface area is 99.2 Å². The first kappa shape index (κ1) is 13.5. The van der Waals surface area contributed by atoms with Crippen molar-refractivity contribution in [3.05, 3.63) is 0 Å². The molecular formula is C13H26N2O. The minimum absolute atomic E-state index is 0.0816. The number of carbonyl (C=O) groups is 1.